The molecule has 2 aliphatic rings. The molecule has 0 unspecified atom stereocenters. The van der Waals surface area contributed by atoms with Gasteiger partial charge in [0.2, 0.25) is 0 Å². The summed E-state index contributed by atoms with van der Waals surface area (Å²) in [7, 11) is 3.03. The van der Waals surface area contributed by atoms with Crippen LogP contribution in [0.25, 0.3) is 0 Å². The van der Waals surface area contributed by atoms with Crippen molar-refractivity contribution in [3.8, 4) is 17.6 Å². The molecule has 0 spiro atoms. The summed E-state index contributed by atoms with van der Waals surface area (Å²) in [6, 6.07) is 21.0. The van der Waals surface area contributed by atoms with E-state index in [1.807, 2.05) is 30.3 Å². The first-order valence-electron chi connectivity index (χ1n) is 12.5. The summed E-state index contributed by atoms with van der Waals surface area (Å²) in [4.78, 5) is 26.7. The highest BCUT2D eigenvalue weighted by Gasteiger charge is 2.44. The highest BCUT2D eigenvalue weighted by Crippen LogP contribution is 2.52. The van der Waals surface area contributed by atoms with Crippen LogP contribution in [0.5, 0.6) is 11.5 Å². The summed E-state index contributed by atoms with van der Waals surface area (Å²) in [5.41, 5.74) is 9.30. The lowest BCUT2D eigenvalue weighted by atomic mass is 9.71. The monoisotopic (exact) mass is 556 g/mol. The number of carbonyl (C=O) groups is 1. The average Bonchev–Trinajstić information content (AvgIpc) is 2.97. The number of rotatable bonds is 6. The summed E-state index contributed by atoms with van der Waals surface area (Å²) >= 11 is 6.58. The number of benzene rings is 3. The van der Waals surface area contributed by atoms with E-state index in [-0.39, 0.29) is 45.9 Å². The minimum absolute atomic E-state index is 0.0352. The number of nitro groups is 1. The first-order valence-corrected chi connectivity index (χ1v) is 12.8. The van der Waals surface area contributed by atoms with Crippen molar-refractivity contribution >= 4 is 28.8 Å². The molecule has 3 aromatic carbocycles. The van der Waals surface area contributed by atoms with Crippen molar-refractivity contribution in [1.82, 2.24) is 0 Å². The number of hydrogen-bond acceptors (Lipinski definition) is 8. The van der Waals surface area contributed by atoms with Gasteiger partial charge in [-0.3, -0.25) is 19.8 Å². The molecule has 0 radical (unpaired) electrons. The highest BCUT2D eigenvalue weighted by atomic mass is 35.5. The van der Waals surface area contributed by atoms with Gasteiger partial charge in [0.25, 0.3) is 5.69 Å². The second-order valence-electron chi connectivity index (χ2n) is 9.48. The first-order chi connectivity index (χ1) is 19.3. The van der Waals surface area contributed by atoms with E-state index in [2.05, 4.69) is 6.07 Å². The fraction of sp³-hybridized carbons (Fsp3) is 0.200. The van der Waals surface area contributed by atoms with Crippen LogP contribution in [-0.4, -0.2) is 24.9 Å². The third kappa shape index (κ3) is 4.52. The lowest BCUT2D eigenvalue weighted by molar-refractivity contribution is -0.384. The lowest BCUT2D eigenvalue weighted by Gasteiger charge is -2.42. The maximum absolute atomic E-state index is 14.1. The van der Waals surface area contributed by atoms with Crippen molar-refractivity contribution in [2.75, 3.05) is 19.1 Å². The molecule has 0 bridgehead atoms. The maximum Gasteiger partial charge on any atom is 0.271 e. The Morgan fingerprint density at radius 3 is 2.48 bits per heavy atom. The van der Waals surface area contributed by atoms with Gasteiger partial charge in [-0.25, -0.2) is 0 Å². The van der Waals surface area contributed by atoms with Gasteiger partial charge in [-0.05, 0) is 30.0 Å². The molecule has 40 heavy (non-hydrogen) atoms. The Hall–Kier alpha value is -4.81. The van der Waals surface area contributed by atoms with Gasteiger partial charge in [0.1, 0.15) is 17.3 Å². The fourth-order valence-corrected chi connectivity index (χ4v) is 5.72. The fourth-order valence-electron chi connectivity index (χ4n) is 5.52. The highest BCUT2D eigenvalue weighted by molar-refractivity contribution is 6.33. The largest absolute Gasteiger partial charge is 0.497 e. The number of ketones is 1. The Morgan fingerprint density at radius 1 is 1.07 bits per heavy atom. The number of ether oxygens (including phenoxy) is 2. The average molecular weight is 557 g/mol. The molecule has 5 rings (SSSR count). The number of nitro benzene ring substituents is 1. The quantitative estimate of drug-likeness (QED) is 0.290. The van der Waals surface area contributed by atoms with Crippen LogP contribution < -0.4 is 20.1 Å². The molecule has 10 heteroatoms. The Bertz CT molecular complexity index is 1630. The normalized spacial score (nSPS) is 18.8. The van der Waals surface area contributed by atoms with Gasteiger partial charge < -0.3 is 15.2 Å². The molecule has 1 aliphatic heterocycles. The van der Waals surface area contributed by atoms with E-state index in [9.17, 15) is 20.2 Å². The minimum atomic E-state index is -0.821. The molecule has 0 saturated carbocycles. The Kier molecular flexibility index (Phi) is 7.20. The Labute approximate surface area is 235 Å². The second-order valence-corrected chi connectivity index (χ2v) is 9.89. The van der Waals surface area contributed by atoms with Gasteiger partial charge in [-0.2, -0.15) is 5.26 Å². The topological polar surface area (TPSA) is 132 Å². The van der Waals surface area contributed by atoms with Crippen molar-refractivity contribution in [2.24, 2.45) is 5.73 Å². The molecule has 1 heterocycles. The molecular weight excluding hydrogens is 532 g/mol. The van der Waals surface area contributed by atoms with Crippen molar-refractivity contribution in [3.05, 3.63) is 116 Å². The van der Waals surface area contributed by atoms with E-state index in [0.717, 1.165) is 5.56 Å². The zero-order chi connectivity index (χ0) is 28.6. The van der Waals surface area contributed by atoms with Crippen molar-refractivity contribution < 1.29 is 19.2 Å². The van der Waals surface area contributed by atoms with Crippen LogP contribution in [0.4, 0.5) is 11.4 Å². The Morgan fingerprint density at radius 2 is 1.82 bits per heavy atom. The number of nitrogens with two attached hydrogens (primary N) is 1. The zero-order valence-electron chi connectivity index (χ0n) is 21.8. The smallest absolute Gasteiger partial charge is 0.271 e. The third-order valence-corrected chi connectivity index (χ3v) is 7.69. The van der Waals surface area contributed by atoms with Gasteiger partial charge in [0.15, 0.2) is 5.78 Å². The number of methoxy groups -OCH3 is 2. The first kappa shape index (κ1) is 26.8. The van der Waals surface area contributed by atoms with Gasteiger partial charge in [0, 0.05) is 41.5 Å². The van der Waals surface area contributed by atoms with Crippen molar-refractivity contribution in [1.29, 1.82) is 5.26 Å². The summed E-state index contributed by atoms with van der Waals surface area (Å²) < 4.78 is 11.0. The van der Waals surface area contributed by atoms with E-state index >= 15 is 0 Å². The zero-order valence-corrected chi connectivity index (χ0v) is 22.5. The van der Waals surface area contributed by atoms with Crippen LogP contribution in [0.2, 0.25) is 5.02 Å². The number of hydrogen-bond donors (Lipinski definition) is 1. The number of nitrogens with zero attached hydrogens (tertiary/aromatic N) is 3. The number of nitriles is 1. The molecule has 0 saturated heterocycles. The molecule has 0 amide bonds. The lowest BCUT2D eigenvalue weighted by Crippen LogP contribution is -2.40. The molecular formula is C30H25ClN4O5. The predicted molar refractivity (Wildman–Crippen MR) is 150 cm³/mol. The summed E-state index contributed by atoms with van der Waals surface area (Å²) in [5, 5.41) is 22.2. The number of halogens is 1. The third-order valence-electron chi connectivity index (χ3n) is 7.37. The summed E-state index contributed by atoms with van der Waals surface area (Å²) in [5.74, 6) is -0.152. The maximum atomic E-state index is 14.1. The molecule has 1 aliphatic carbocycles. The SMILES string of the molecule is COc1ccc([C@H]2C(C#N)=C(N)N(c3cc([N+](=O)[O-])ccc3Cl)C3=C2C(=O)C[C@@H](c2ccccc2)C3)c(OC)c1. The van der Waals surface area contributed by atoms with Crippen molar-refractivity contribution in [2.45, 2.75) is 24.7 Å². The second kappa shape index (κ2) is 10.8. The molecule has 3 aromatic rings. The predicted octanol–water partition coefficient (Wildman–Crippen LogP) is 5.96. The Balaban J connectivity index is 1.79. The number of Topliss-reactive ketones (excluding diaryl/α,β-unsaturated/α-hetero) is 1. The van der Waals surface area contributed by atoms with Crippen LogP contribution in [-0.2, 0) is 4.79 Å². The number of non-ortho nitro benzene ring substituents is 1. The van der Waals surface area contributed by atoms with Crippen molar-refractivity contribution in [3.63, 3.8) is 0 Å². The summed E-state index contributed by atoms with van der Waals surface area (Å²) in [6.07, 6.45) is 0.603. The van der Waals surface area contributed by atoms with Crippen LogP contribution in [0.3, 0.4) is 0 Å². The van der Waals surface area contributed by atoms with Crippen LogP contribution in [0.15, 0.2) is 89.4 Å². The van der Waals surface area contributed by atoms with E-state index in [0.29, 0.717) is 34.8 Å². The number of allylic oxidation sites excluding steroid dienone is 3. The van der Waals surface area contributed by atoms with E-state index in [1.54, 1.807) is 18.2 Å². The molecule has 2 atom stereocenters. The summed E-state index contributed by atoms with van der Waals surface area (Å²) in [6.45, 7) is 0. The standard InChI is InChI=1S/C30H25ClN4O5/c1-39-20-9-10-21(27(15-20)40-2)28-22(16-32)30(33)34(24-14-19(35(37)38)8-11-23(24)31)25-12-18(13-26(36)29(25)28)17-6-4-3-5-7-17/h3-11,14-15,18,28H,12-13,33H2,1-2H3/t18-,28-/m0/s1. The van der Waals surface area contributed by atoms with Gasteiger partial charge in [0.05, 0.1) is 47.4 Å². The van der Waals surface area contributed by atoms with Crippen LogP contribution in [0, 0.1) is 21.4 Å². The van der Waals surface area contributed by atoms with Gasteiger partial charge in [-0.15, -0.1) is 0 Å². The molecule has 2 N–H and O–H groups in total. The van der Waals surface area contributed by atoms with Gasteiger partial charge in [-0.1, -0.05) is 48.0 Å². The van der Waals surface area contributed by atoms with Crippen LogP contribution >= 0.6 is 11.6 Å². The number of anilines is 1. The van der Waals surface area contributed by atoms with Crippen LogP contribution in [0.1, 0.15) is 35.8 Å². The van der Waals surface area contributed by atoms with E-state index in [4.69, 9.17) is 26.8 Å². The van der Waals surface area contributed by atoms with Gasteiger partial charge >= 0.3 is 0 Å². The molecule has 9 nitrogen and oxygen atoms in total. The molecule has 202 valence electrons. The van der Waals surface area contributed by atoms with E-state index < -0.39 is 10.8 Å². The van der Waals surface area contributed by atoms with E-state index in [1.165, 1.54) is 37.3 Å². The molecule has 0 aromatic heterocycles. The minimum Gasteiger partial charge on any atom is -0.497 e. The molecule has 0 fully saturated rings. The number of carbonyl (C=O) groups excluding carboxylic acids is 1.